The number of nitrogens with zero attached hydrogens (tertiary/aromatic N) is 2. The fourth-order valence-corrected chi connectivity index (χ4v) is 4.15. The standard InChI is InChI=1S/C17H23ClN4.C6H11N/c1-12(20-15-4-3-7-22(2)11-15)19-10-16-9-13-8-14(18)5-6-17(13)21-16;1-2-7-5-3-4-6-7/h5-6,8-9,15,19-21H,1,3-4,7,10-11H2,2H3;2H,1,3-6H2. The summed E-state index contributed by atoms with van der Waals surface area (Å²) in [6, 6.07) is 8.49. The summed E-state index contributed by atoms with van der Waals surface area (Å²) in [5.41, 5.74) is 2.23. The molecular weight excluding hydrogens is 382 g/mol. The maximum absolute atomic E-state index is 6.02. The lowest BCUT2D eigenvalue weighted by Crippen LogP contribution is -2.45. The Bertz CT molecular complexity index is 809. The average molecular weight is 416 g/mol. The summed E-state index contributed by atoms with van der Waals surface area (Å²) in [5, 5.41) is 8.73. The molecule has 0 bridgehead atoms. The van der Waals surface area contributed by atoms with Crippen molar-refractivity contribution in [3.05, 3.63) is 60.2 Å². The van der Waals surface area contributed by atoms with Gasteiger partial charge in [-0.2, -0.15) is 0 Å². The molecule has 2 aliphatic rings. The second kappa shape index (κ2) is 10.6. The first-order chi connectivity index (χ1) is 14.0. The molecule has 158 valence electrons. The van der Waals surface area contributed by atoms with Crippen molar-refractivity contribution in [3.63, 3.8) is 0 Å². The summed E-state index contributed by atoms with van der Waals surface area (Å²) < 4.78 is 0. The van der Waals surface area contributed by atoms with Crippen LogP contribution in [-0.2, 0) is 6.54 Å². The SMILES string of the molecule is C=C(NCc1cc2cc(Cl)ccc2[nH]1)NC1CCCN(C)C1.C=CN1CCCC1. The Balaban J connectivity index is 0.000000290. The Hall–Kier alpha value is -2.11. The summed E-state index contributed by atoms with van der Waals surface area (Å²) in [5.74, 6) is 0.886. The quantitative estimate of drug-likeness (QED) is 0.658. The van der Waals surface area contributed by atoms with Crippen molar-refractivity contribution in [3.8, 4) is 0 Å². The predicted molar refractivity (Wildman–Crippen MR) is 124 cm³/mol. The Morgan fingerprint density at radius 1 is 1.24 bits per heavy atom. The summed E-state index contributed by atoms with van der Waals surface area (Å²) in [4.78, 5) is 8.00. The molecule has 1 unspecified atom stereocenters. The van der Waals surface area contributed by atoms with E-state index in [1.807, 2.05) is 24.4 Å². The lowest BCUT2D eigenvalue weighted by molar-refractivity contribution is 0.233. The van der Waals surface area contributed by atoms with Crippen molar-refractivity contribution in [2.75, 3.05) is 33.2 Å². The topological polar surface area (TPSA) is 46.3 Å². The van der Waals surface area contributed by atoms with E-state index in [2.05, 4.69) is 51.7 Å². The van der Waals surface area contributed by atoms with Crippen LogP contribution in [0.5, 0.6) is 0 Å². The van der Waals surface area contributed by atoms with Gasteiger partial charge in [0.1, 0.15) is 0 Å². The molecule has 5 nitrogen and oxygen atoms in total. The van der Waals surface area contributed by atoms with Gasteiger partial charge in [-0.05, 0) is 69.7 Å². The van der Waals surface area contributed by atoms with Crippen LogP contribution >= 0.6 is 11.6 Å². The number of piperidine rings is 1. The number of halogens is 1. The molecule has 0 amide bonds. The smallest absolute Gasteiger partial charge is 0.0918 e. The molecule has 0 spiro atoms. The molecule has 6 heteroatoms. The number of likely N-dealkylation sites (tertiary alicyclic amines) is 2. The minimum absolute atomic E-state index is 0.486. The van der Waals surface area contributed by atoms with E-state index in [1.54, 1.807) is 0 Å². The molecule has 0 saturated carbocycles. The van der Waals surface area contributed by atoms with E-state index in [9.17, 15) is 0 Å². The molecule has 4 rings (SSSR count). The maximum Gasteiger partial charge on any atom is 0.0918 e. The molecule has 1 aromatic carbocycles. The van der Waals surface area contributed by atoms with Crippen LogP contribution in [0, 0.1) is 0 Å². The van der Waals surface area contributed by atoms with Crippen LogP contribution in [0.1, 0.15) is 31.4 Å². The van der Waals surface area contributed by atoms with Crippen molar-refractivity contribution in [1.29, 1.82) is 0 Å². The van der Waals surface area contributed by atoms with Gasteiger partial charge in [-0.1, -0.05) is 24.8 Å². The zero-order valence-corrected chi connectivity index (χ0v) is 18.3. The predicted octanol–water partition coefficient (Wildman–Crippen LogP) is 4.29. The van der Waals surface area contributed by atoms with Crippen molar-refractivity contribution >= 4 is 22.5 Å². The van der Waals surface area contributed by atoms with Crippen LogP contribution in [0.4, 0.5) is 0 Å². The van der Waals surface area contributed by atoms with Gasteiger partial charge in [0.05, 0.1) is 12.4 Å². The Labute approximate surface area is 179 Å². The number of H-pyrrole nitrogens is 1. The fourth-order valence-electron chi connectivity index (χ4n) is 3.97. The monoisotopic (exact) mass is 415 g/mol. The van der Waals surface area contributed by atoms with Crippen molar-refractivity contribution in [1.82, 2.24) is 25.4 Å². The fraction of sp³-hybridized carbons (Fsp3) is 0.478. The number of fused-ring (bicyclic) bond motifs is 1. The molecule has 1 atom stereocenters. The van der Waals surface area contributed by atoms with Gasteiger partial charge in [0.15, 0.2) is 0 Å². The number of nitrogens with one attached hydrogen (secondary N) is 3. The van der Waals surface area contributed by atoms with E-state index in [1.165, 1.54) is 45.3 Å². The van der Waals surface area contributed by atoms with Gasteiger partial charge < -0.3 is 25.4 Å². The van der Waals surface area contributed by atoms with Gasteiger partial charge in [-0.15, -0.1) is 0 Å². The van der Waals surface area contributed by atoms with Crippen LogP contribution in [0.2, 0.25) is 5.02 Å². The minimum Gasteiger partial charge on any atom is -0.378 e. The van der Waals surface area contributed by atoms with Gasteiger partial charge >= 0.3 is 0 Å². The number of likely N-dealkylation sites (N-methyl/N-ethyl adjacent to an activating group) is 1. The Morgan fingerprint density at radius 2 is 2.03 bits per heavy atom. The first-order valence-electron chi connectivity index (χ1n) is 10.5. The van der Waals surface area contributed by atoms with E-state index >= 15 is 0 Å². The summed E-state index contributed by atoms with van der Waals surface area (Å²) in [6.07, 6.45) is 7.07. The highest BCUT2D eigenvalue weighted by atomic mass is 35.5. The highest BCUT2D eigenvalue weighted by Gasteiger charge is 2.16. The van der Waals surface area contributed by atoms with Crippen molar-refractivity contribution in [2.45, 2.75) is 38.3 Å². The minimum atomic E-state index is 0.486. The molecule has 1 aromatic heterocycles. The molecule has 3 heterocycles. The second-order valence-corrected chi connectivity index (χ2v) is 8.47. The molecule has 2 aliphatic heterocycles. The lowest BCUT2D eigenvalue weighted by Gasteiger charge is -2.31. The molecule has 29 heavy (non-hydrogen) atoms. The molecule has 2 saturated heterocycles. The first-order valence-corrected chi connectivity index (χ1v) is 10.9. The van der Waals surface area contributed by atoms with E-state index in [0.717, 1.165) is 40.5 Å². The summed E-state index contributed by atoms with van der Waals surface area (Å²) in [7, 11) is 2.17. The van der Waals surface area contributed by atoms with E-state index < -0.39 is 0 Å². The maximum atomic E-state index is 6.02. The molecule has 3 N–H and O–H groups in total. The third-order valence-electron chi connectivity index (χ3n) is 5.53. The zero-order valence-electron chi connectivity index (χ0n) is 17.5. The van der Waals surface area contributed by atoms with Crippen LogP contribution in [0.25, 0.3) is 10.9 Å². The number of aromatic amines is 1. The van der Waals surface area contributed by atoms with E-state index in [0.29, 0.717) is 6.04 Å². The van der Waals surface area contributed by atoms with Gasteiger partial charge in [-0.3, -0.25) is 0 Å². The third-order valence-corrected chi connectivity index (χ3v) is 5.77. The summed E-state index contributed by atoms with van der Waals surface area (Å²) >= 11 is 6.02. The molecule has 2 aromatic rings. The van der Waals surface area contributed by atoms with Crippen molar-refractivity contribution in [2.24, 2.45) is 0 Å². The summed E-state index contributed by atoms with van der Waals surface area (Å²) in [6.45, 7) is 13.2. The Kier molecular flexibility index (Phi) is 7.90. The first kappa shape index (κ1) is 21.6. The lowest BCUT2D eigenvalue weighted by atomic mass is 10.1. The third kappa shape index (κ3) is 6.72. The van der Waals surface area contributed by atoms with Gasteiger partial charge in [0.25, 0.3) is 0 Å². The number of aromatic nitrogens is 1. The number of rotatable bonds is 6. The van der Waals surface area contributed by atoms with E-state index in [4.69, 9.17) is 11.6 Å². The number of hydrogen-bond acceptors (Lipinski definition) is 4. The normalized spacial score (nSPS) is 19.5. The number of benzene rings is 1. The van der Waals surface area contributed by atoms with Crippen LogP contribution in [0.3, 0.4) is 0 Å². The van der Waals surface area contributed by atoms with Gasteiger partial charge in [0, 0.05) is 47.3 Å². The Morgan fingerprint density at radius 3 is 2.72 bits per heavy atom. The van der Waals surface area contributed by atoms with Gasteiger partial charge in [-0.25, -0.2) is 0 Å². The largest absolute Gasteiger partial charge is 0.378 e. The van der Waals surface area contributed by atoms with E-state index in [-0.39, 0.29) is 0 Å². The molecular formula is C23H34ClN5. The average Bonchev–Trinajstić information content (AvgIpc) is 3.36. The van der Waals surface area contributed by atoms with Crippen LogP contribution in [0.15, 0.2) is 49.4 Å². The highest BCUT2D eigenvalue weighted by molar-refractivity contribution is 6.31. The molecule has 0 radical (unpaired) electrons. The molecule has 0 aliphatic carbocycles. The second-order valence-electron chi connectivity index (χ2n) is 8.03. The van der Waals surface area contributed by atoms with Gasteiger partial charge in [0.2, 0.25) is 0 Å². The number of hydrogen-bond donors (Lipinski definition) is 3. The van der Waals surface area contributed by atoms with Crippen molar-refractivity contribution < 1.29 is 0 Å². The molecule has 2 fully saturated rings. The highest BCUT2D eigenvalue weighted by Crippen LogP contribution is 2.20. The van der Waals surface area contributed by atoms with Crippen LogP contribution < -0.4 is 10.6 Å². The zero-order chi connectivity index (χ0) is 20.6. The van der Waals surface area contributed by atoms with Crippen LogP contribution in [-0.4, -0.2) is 54.1 Å².